The van der Waals surface area contributed by atoms with Crippen LogP contribution in [0.15, 0.2) is 42.7 Å². The second-order valence-corrected chi connectivity index (χ2v) is 6.47. The summed E-state index contributed by atoms with van der Waals surface area (Å²) in [6, 6.07) is 9.78. The lowest BCUT2D eigenvalue weighted by Crippen LogP contribution is -2.43. The van der Waals surface area contributed by atoms with Crippen molar-refractivity contribution in [3.63, 3.8) is 0 Å². The molecule has 0 bridgehead atoms. The molecule has 0 radical (unpaired) electrons. The molecule has 0 spiro atoms. The molecule has 0 saturated carbocycles. The van der Waals surface area contributed by atoms with Gasteiger partial charge in [0.25, 0.3) is 0 Å². The summed E-state index contributed by atoms with van der Waals surface area (Å²) in [5.41, 5.74) is 2.12. The summed E-state index contributed by atoms with van der Waals surface area (Å²) in [7, 11) is 0. The monoisotopic (exact) mass is 340 g/mol. The van der Waals surface area contributed by atoms with E-state index in [0.717, 1.165) is 30.4 Å². The van der Waals surface area contributed by atoms with Crippen LogP contribution in [0.2, 0.25) is 0 Å². The van der Waals surface area contributed by atoms with Crippen LogP contribution in [0.25, 0.3) is 0 Å². The van der Waals surface area contributed by atoms with Crippen molar-refractivity contribution in [1.82, 2.24) is 20.4 Å². The van der Waals surface area contributed by atoms with Gasteiger partial charge in [-0.3, -0.25) is 14.7 Å². The lowest BCUT2D eigenvalue weighted by Gasteiger charge is -2.31. The van der Waals surface area contributed by atoms with Crippen molar-refractivity contribution in [3.8, 4) is 0 Å². The highest BCUT2D eigenvalue weighted by molar-refractivity contribution is 5.81. The molecular formula is C19H24N4O2. The first-order chi connectivity index (χ1) is 12.2. The molecule has 1 aliphatic heterocycles. The van der Waals surface area contributed by atoms with Gasteiger partial charge in [-0.15, -0.1) is 0 Å². The largest absolute Gasteiger partial charge is 0.356 e. The first-order valence-corrected chi connectivity index (χ1v) is 8.79. The van der Waals surface area contributed by atoms with Crippen molar-refractivity contribution >= 4 is 11.8 Å². The number of hydrogen-bond donors (Lipinski definition) is 2. The van der Waals surface area contributed by atoms with Crippen molar-refractivity contribution in [3.05, 3.63) is 53.9 Å². The normalized spacial score (nSPS) is 15.1. The predicted octanol–water partition coefficient (Wildman–Crippen LogP) is 1.55. The van der Waals surface area contributed by atoms with Crippen molar-refractivity contribution in [1.29, 1.82) is 0 Å². The third-order valence-corrected chi connectivity index (χ3v) is 4.68. The van der Waals surface area contributed by atoms with Crippen molar-refractivity contribution in [2.45, 2.75) is 25.7 Å². The number of nitrogens with zero attached hydrogens (tertiary/aromatic N) is 2. The van der Waals surface area contributed by atoms with E-state index in [9.17, 15) is 9.59 Å². The molecule has 0 aliphatic carbocycles. The molecule has 2 amide bonds. The zero-order chi connectivity index (χ0) is 17.5. The van der Waals surface area contributed by atoms with Gasteiger partial charge in [-0.1, -0.05) is 30.3 Å². The molecule has 6 nitrogen and oxygen atoms in total. The Morgan fingerprint density at radius 3 is 2.60 bits per heavy atom. The number of likely N-dealkylation sites (tertiary alicyclic amines) is 1. The van der Waals surface area contributed by atoms with E-state index < -0.39 is 0 Å². The lowest BCUT2D eigenvalue weighted by atomic mass is 9.95. The van der Waals surface area contributed by atoms with Gasteiger partial charge in [0.2, 0.25) is 11.8 Å². The summed E-state index contributed by atoms with van der Waals surface area (Å²) < 4.78 is 0. The number of aromatic amines is 1. The van der Waals surface area contributed by atoms with Crippen molar-refractivity contribution in [2.75, 3.05) is 19.6 Å². The van der Waals surface area contributed by atoms with Crippen molar-refractivity contribution in [2.24, 2.45) is 5.92 Å². The quantitative estimate of drug-likeness (QED) is 0.837. The average molecular weight is 340 g/mol. The van der Waals surface area contributed by atoms with Gasteiger partial charge in [0.1, 0.15) is 0 Å². The third kappa shape index (κ3) is 4.92. The van der Waals surface area contributed by atoms with Crippen molar-refractivity contribution < 1.29 is 9.59 Å². The van der Waals surface area contributed by atoms with Crippen LogP contribution in [0, 0.1) is 5.92 Å². The summed E-state index contributed by atoms with van der Waals surface area (Å²) in [4.78, 5) is 26.5. The van der Waals surface area contributed by atoms with Gasteiger partial charge in [0, 0.05) is 31.7 Å². The molecule has 2 heterocycles. The maximum atomic E-state index is 12.4. The molecule has 1 aromatic carbocycles. The molecule has 1 aromatic heterocycles. The Labute approximate surface area is 147 Å². The van der Waals surface area contributed by atoms with E-state index in [1.807, 2.05) is 41.4 Å². The van der Waals surface area contributed by atoms with E-state index in [1.165, 1.54) is 0 Å². The number of piperidine rings is 1. The summed E-state index contributed by atoms with van der Waals surface area (Å²) >= 11 is 0. The minimum atomic E-state index is 0.00475. The number of nitrogens with one attached hydrogen (secondary N) is 2. The van der Waals surface area contributed by atoms with E-state index in [2.05, 4.69) is 15.5 Å². The number of aromatic nitrogens is 2. The Balaban J connectivity index is 1.38. The van der Waals surface area contributed by atoms with Gasteiger partial charge in [0.15, 0.2) is 0 Å². The van der Waals surface area contributed by atoms with Crippen LogP contribution < -0.4 is 5.32 Å². The van der Waals surface area contributed by atoms with Crippen LogP contribution in [0.4, 0.5) is 0 Å². The van der Waals surface area contributed by atoms with Crippen LogP contribution in [0.5, 0.6) is 0 Å². The van der Waals surface area contributed by atoms with Gasteiger partial charge in [-0.25, -0.2) is 0 Å². The minimum absolute atomic E-state index is 0.00475. The fraction of sp³-hybridized carbons (Fsp3) is 0.421. The fourth-order valence-corrected chi connectivity index (χ4v) is 3.16. The minimum Gasteiger partial charge on any atom is -0.356 e. The Kier molecular flexibility index (Phi) is 5.82. The van der Waals surface area contributed by atoms with E-state index in [0.29, 0.717) is 26.1 Å². The molecule has 1 aliphatic rings. The van der Waals surface area contributed by atoms with E-state index in [4.69, 9.17) is 0 Å². The maximum Gasteiger partial charge on any atom is 0.226 e. The standard InChI is InChI=1S/C19H24N4O2/c24-18(12-15-4-2-1-3-5-15)23-10-7-17(8-11-23)19(25)20-9-6-16-13-21-22-14-16/h1-5,13-14,17H,6-12H2,(H,20,25)(H,21,22). The molecule has 0 atom stereocenters. The Hall–Kier alpha value is -2.63. The number of rotatable bonds is 6. The highest BCUT2D eigenvalue weighted by Gasteiger charge is 2.27. The Bertz CT molecular complexity index is 677. The number of carbonyl (C=O) groups excluding carboxylic acids is 2. The zero-order valence-corrected chi connectivity index (χ0v) is 14.3. The molecular weight excluding hydrogens is 316 g/mol. The van der Waals surface area contributed by atoms with Crippen LogP contribution in [0.3, 0.4) is 0 Å². The molecule has 1 fully saturated rings. The van der Waals surface area contributed by atoms with Gasteiger partial charge in [-0.2, -0.15) is 5.10 Å². The van der Waals surface area contributed by atoms with Crippen LogP contribution in [0.1, 0.15) is 24.0 Å². The smallest absolute Gasteiger partial charge is 0.226 e. The Morgan fingerprint density at radius 2 is 1.92 bits per heavy atom. The van der Waals surface area contributed by atoms with Gasteiger partial charge < -0.3 is 10.2 Å². The number of H-pyrrole nitrogens is 1. The molecule has 1 saturated heterocycles. The molecule has 2 aromatic rings. The lowest BCUT2D eigenvalue weighted by molar-refractivity contribution is -0.135. The first-order valence-electron chi connectivity index (χ1n) is 8.79. The van der Waals surface area contributed by atoms with E-state index in [1.54, 1.807) is 6.20 Å². The highest BCUT2D eigenvalue weighted by Crippen LogP contribution is 2.18. The Morgan fingerprint density at radius 1 is 1.16 bits per heavy atom. The molecule has 0 unspecified atom stereocenters. The van der Waals surface area contributed by atoms with Crippen LogP contribution in [-0.2, 0) is 22.4 Å². The molecule has 6 heteroatoms. The average Bonchev–Trinajstić information content (AvgIpc) is 3.16. The highest BCUT2D eigenvalue weighted by atomic mass is 16.2. The predicted molar refractivity (Wildman–Crippen MR) is 94.8 cm³/mol. The van der Waals surface area contributed by atoms with Gasteiger partial charge >= 0.3 is 0 Å². The zero-order valence-electron chi connectivity index (χ0n) is 14.3. The molecule has 132 valence electrons. The summed E-state index contributed by atoms with van der Waals surface area (Å²) in [6.07, 6.45) is 6.28. The molecule has 2 N–H and O–H groups in total. The maximum absolute atomic E-state index is 12.4. The molecule has 3 rings (SSSR count). The van der Waals surface area contributed by atoms with E-state index in [-0.39, 0.29) is 17.7 Å². The van der Waals surface area contributed by atoms with Gasteiger partial charge in [0.05, 0.1) is 12.6 Å². The first kappa shape index (κ1) is 17.2. The third-order valence-electron chi connectivity index (χ3n) is 4.68. The van der Waals surface area contributed by atoms with Crippen LogP contribution in [-0.4, -0.2) is 46.5 Å². The number of carbonyl (C=O) groups is 2. The fourth-order valence-electron chi connectivity index (χ4n) is 3.16. The molecule has 25 heavy (non-hydrogen) atoms. The summed E-state index contributed by atoms with van der Waals surface area (Å²) in [6.45, 7) is 1.93. The summed E-state index contributed by atoms with van der Waals surface area (Å²) in [5, 5.41) is 9.64. The second kappa shape index (κ2) is 8.46. The van der Waals surface area contributed by atoms with Crippen LogP contribution >= 0.6 is 0 Å². The summed E-state index contributed by atoms with van der Waals surface area (Å²) in [5.74, 6) is 0.244. The SMILES string of the molecule is O=C(NCCc1cn[nH]c1)C1CCN(C(=O)Cc2ccccc2)CC1. The van der Waals surface area contributed by atoms with Gasteiger partial charge in [-0.05, 0) is 30.4 Å². The second-order valence-electron chi connectivity index (χ2n) is 6.47. The number of hydrogen-bond acceptors (Lipinski definition) is 3. The topological polar surface area (TPSA) is 78.1 Å². The van der Waals surface area contributed by atoms with E-state index >= 15 is 0 Å². The number of amides is 2. The number of benzene rings is 1.